The number of anilines is 1. The summed E-state index contributed by atoms with van der Waals surface area (Å²) in [7, 11) is 1.56. The van der Waals surface area contributed by atoms with E-state index in [-0.39, 0.29) is 6.61 Å². The molecule has 0 aliphatic carbocycles. The third-order valence-electron chi connectivity index (χ3n) is 4.44. The number of ether oxygens (including phenoxy) is 4. The van der Waals surface area contributed by atoms with E-state index in [1.165, 1.54) is 0 Å². The van der Waals surface area contributed by atoms with Crippen molar-refractivity contribution < 1.29 is 28.5 Å². The number of amides is 1. The van der Waals surface area contributed by atoms with Gasteiger partial charge in [0.2, 0.25) is 6.10 Å². The van der Waals surface area contributed by atoms with Crippen molar-refractivity contribution in [1.82, 2.24) is 0 Å². The molecule has 3 rings (SSSR count). The first-order valence-corrected chi connectivity index (χ1v) is 10.1. The number of esters is 1. The second kappa shape index (κ2) is 11.4. The molecule has 0 saturated carbocycles. The summed E-state index contributed by atoms with van der Waals surface area (Å²) >= 11 is 0. The van der Waals surface area contributed by atoms with Crippen LogP contribution in [0.1, 0.15) is 18.6 Å². The van der Waals surface area contributed by atoms with Crippen molar-refractivity contribution >= 4 is 17.6 Å². The van der Waals surface area contributed by atoms with Crippen molar-refractivity contribution in [2.75, 3.05) is 25.6 Å². The molecule has 0 aliphatic rings. The van der Waals surface area contributed by atoms with Crippen LogP contribution in [0.2, 0.25) is 0 Å². The Bertz CT molecular complexity index is 1000. The Balaban J connectivity index is 1.64. The second-order valence-electron chi connectivity index (χ2n) is 6.69. The summed E-state index contributed by atoms with van der Waals surface area (Å²) in [5, 5.41) is 2.76. The molecule has 166 valence electrons. The summed E-state index contributed by atoms with van der Waals surface area (Å²) in [6, 6.07) is 22.6. The number of hydrogen-bond donors (Lipinski definition) is 1. The van der Waals surface area contributed by atoms with Crippen molar-refractivity contribution in [3.8, 4) is 17.2 Å². The monoisotopic (exact) mass is 435 g/mol. The lowest BCUT2D eigenvalue weighted by Crippen LogP contribution is -2.27. The molecule has 0 bridgehead atoms. The fourth-order valence-electron chi connectivity index (χ4n) is 2.89. The molecule has 0 saturated heterocycles. The molecule has 0 aromatic heterocycles. The van der Waals surface area contributed by atoms with Crippen LogP contribution in [0.15, 0.2) is 78.9 Å². The lowest BCUT2D eigenvalue weighted by molar-refractivity contribution is -0.156. The lowest BCUT2D eigenvalue weighted by atomic mass is 10.1. The summed E-state index contributed by atoms with van der Waals surface area (Å²) in [6.07, 6.45) is -1.13. The summed E-state index contributed by atoms with van der Waals surface area (Å²) in [5.74, 6) is 0.722. The highest BCUT2D eigenvalue weighted by atomic mass is 16.6. The fraction of sp³-hybridized carbons (Fsp3) is 0.200. The average molecular weight is 435 g/mol. The van der Waals surface area contributed by atoms with Gasteiger partial charge in [-0.25, -0.2) is 4.79 Å². The largest absolute Gasteiger partial charge is 0.497 e. The topological polar surface area (TPSA) is 83.1 Å². The normalized spacial score (nSPS) is 11.2. The first-order valence-electron chi connectivity index (χ1n) is 10.1. The van der Waals surface area contributed by atoms with E-state index in [9.17, 15) is 9.59 Å². The molecule has 0 heterocycles. The second-order valence-corrected chi connectivity index (χ2v) is 6.69. The Morgan fingerprint density at radius 2 is 1.41 bits per heavy atom. The van der Waals surface area contributed by atoms with Gasteiger partial charge in [0.25, 0.3) is 5.91 Å². The predicted octanol–water partition coefficient (Wildman–Crippen LogP) is 4.40. The van der Waals surface area contributed by atoms with Crippen LogP contribution in [0.5, 0.6) is 17.2 Å². The van der Waals surface area contributed by atoms with E-state index in [0.717, 1.165) is 0 Å². The van der Waals surface area contributed by atoms with E-state index in [0.29, 0.717) is 35.1 Å². The van der Waals surface area contributed by atoms with Gasteiger partial charge in [-0.2, -0.15) is 0 Å². The molecule has 1 N–H and O–H groups in total. The van der Waals surface area contributed by atoms with Crippen LogP contribution in [0.3, 0.4) is 0 Å². The van der Waals surface area contributed by atoms with Gasteiger partial charge in [-0.05, 0) is 55.5 Å². The van der Waals surface area contributed by atoms with Crippen LogP contribution in [-0.4, -0.2) is 32.2 Å². The minimum Gasteiger partial charge on any atom is -0.497 e. The third kappa shape index (κ3) is 6.50. The Kier molecular flexibility index (Phi) is 8.09. The first kappa shape index (κ1) is 22.7. The molecule has 7 heteroatoms. The molecule has 1 atom stereocenters. The Hall–Kier alpha value is -4.00. The van der Waals surface area contributed by atoms with Crippen molar-refractivity contribution in [3.05, 3.63) is 84.4 Å². The zero-order valence-corrected chi connectivity index (χ0v) is 17.9. The van der Waals surface area contributed by atoms with Gasteiger partial charge in [-0.3, -0.25) is 4.79 Å². The zero-order valence-electron chi connectivity index (χ0n) is 17.9. The Morgan fingerprint density at radius 3 is 2.00 bits per heavy atom. The van der Waals surface area contributed by atoms with Crippen LogP contribution in [0.4, 0.5) is 5.69 Å². The summed E-state index contributed by atoms with van der Waals surface area (Å²) in [6.45, 7) is 2.12. The van der Waals surface area contributed by atoms with Gasteiger partial charge in [0, 0.05) is 11.3 Å². The van der Waals surface area contributed by atoms with Crippen LogP contribution in [0, 0.1) is 0 Å². The van der Waals surface area contributed by atoms with Gasteiger partial charge in [-0.15, -0.1) is 0 Å². The number of hydrogen-bond acceptors (Lipinski definition) is 6. The number of nitrogens with one attached hydrogen (secondary N) is 1. The molecule has 0 fully saturated rings. The van der Waals surface area contributed by atoms with Crippen LogP contribution in [0.25, 0.3) is 0 Å². The van der Waals surface area contributed by atoms with E-state index in [1.807, 2.05) is 13.0 Å². The number of methoxy groups -OCH3 is 1. The molecule has 0 radical (unpaired) electrons. The molecule has 1 amide bonds. The highest BCUT2D eigenvalue weighted by Gasteiger charge is 2.25. The highest BCUT2D eigenvalue weighted by molar-refractivity contribution is 5.96. The maximum absolute atomic E-state index is 12.9. The maximum Gasteiger partial charge on any atom is 0.345 e. The number of rotatable bonds is 10. The molecule has 3 aromatic carbocycles. The summed E-state index contributed by atoms with van der Waals surface area (Å²) < 4.78 is 21.5. The SMILES string of the molecule is CCOc1ccc(OCC(=O)OC(C(=O)Nc2ccc(OC)cc2)c2ccccc2)cc1. The molecule has 32 heavy (non-hydrogen) atoms. The smallest absolute Gasteiger partial charge is 0.345 e. The molecule has 1 unspecified atom stereocenters. The van der Waals surface area contributed by atoms with Crippen LogP contribution in [-0.2, 0) is 14.3 Å². The Morgan fingerprint density at radius 1 is 0.812 bits per heavy atom. The van der Waals surface area contributed by atoms with E-state index < -0.39 is 18.0 Å². The van der Waals surface area contributed by atoms with E-state index in [2.05, 4.69) is 5.32 Å². The van der Waals surface area contributed by atoms with E-state index in [1.54, 1.807) is 79.9 Å². The van der Waals surface area contributed by atoms with Gasteiger partial charge in [0.05, 0.1) is 13.7 Å². The van der Waals surface area contributed by atoms with Crippen molar-refractivity contribution in [2.24, 2.45) is 0 Å². The van der Waals surface area contributed by atoms with E-state index >= 15 is 0 Å². The minimum absolute atomic E-state index is 0.340. The Labute approximate surface area is 186 Å². The van der Waals surface area contributed by atoms with Gasteiger partial charge < -0.3 is 24.3 Å². The molecule has 0 aliphatic heterocycles. The number of carbonyl (C=O) groups is 2. The number of benzene rings is 3. The molecular weight excluding hydrogens is 410 g/mol. The number of carbonyl (C=O) groups excluding carboxylic acids is 2. The van der Waals surface area contributed by atoms with E-state index in [4.69, 9.17) is 18.9 Å². The lowest BCUT2D eigenvalue weighted by Gasteiger charge is -2.18. The minimum atomic E-state index is -1.13. The van der Waals surface area contributed by atoms with Gasteiger partial charge in [0.15, 0.2) is 6.61 Å². The average Bonchev–Trinajstić information content (AvgIpc) is 2.83. The maximum atomic E-state index is 12.9. The zero-order chi connectivity index (χ0) is 22.8. The van der Waals surface area contributed by atoms with Crippen LogP contribution < -0.4 is 19.5 Å². The third-order valence-corrected chi connectivity index (χ3v) is 4.44. The summed E-state index contributed by atoms with van der Waals surface area (Å²) in [5.41, 5.74) is 1.10. The predicted molar refractivity (Wildman–Crippen MR) is 120 cm³/mol. The molecule has 0 spiro atoms. The van der Waals surface area contributed by atoms with Crippen molar-refractivity contribution in [3.63, 3.8) is 0 Å². The fourth-order valence-corrected chi connectivity index (χ4v) is 2.89. The van der Waals surface area contributed by atoms with Crippen molar-refractivity contribution in [1.29, 1.82) is 0 Å². The molecule has 7 nitrogen and oxygen atoms in total. The van der Waals surface area contributed by atoms with Gasteiger partial charge in [-0.1, -0.05) is 30.3 Å². The highest BCUT2D eigenvalue weighted by Crippen LogP contribution is 2.22. The quantitative estimate of drug-likeness (QED) is 0.476. The molecule has 3 aromatic rings. The van der Waals surface area contributed by atoms with Gasteiger partial charge >= 0.3 is 5.97 Å². The molecular formula is C25H25NO6. The van der Waals surface area contributed by atoms with Gasteiger partial charge in [0.1, 0.15) is 17.2 Å². The summed E-state index contributed by atoms with van der Waals surface area (Å²) in [4.78, 5) is 25.3. The first-order chi connectivity index (χ1) is 15.6. The van der Waals surface area contributed by atoms with Crippen molar-refractivity contribution in [2.45, 2.75) is 13.0 Å². The standard InChI is InChI=1S/C25H25NO6/c1-3-30-21-13-15-22(16-14-21)31-17-23(27)32-24(18-7-5-4-6-8-18)25(28)26-19-9-11-20(29-2)12-10-19/h4-16,24H,3,17H2,1-2H3,(H,26,28). The van der Waals surface area contributed by atoms with Crippen LogP contribution >= 0.6 is 0 Å².